The molecule has 0 bridgehead atoms. The Kier molecular flexibility index (Phi) is 10.6. The highest BCUT2D eigenvalue weighted by Crippen LogP contribution is 2.51. The number of esters is 4. The molecule has 4 unspecified atom stereocenters. The van der Waals surface area contributed by atoms with Crippen molar-refractivity contribution in [3.05, 3.63) is 101 Å². The lowest BCUT2D eigenvalue weighted by Gasteiger charge is -2.33. The summed E-state index contributed by atoms with van der Waals surface area (Å²) < 4.78 is 34.6. The molecule has 0 saturated carbocycles. The van der Waals surface area contributed by atoms with Gasteiger partial charge in [0, 0.05) is 5.56 Å². The third-order valence-electron chi connectivity index (χ3n) is 9.36. The smallest absolute Gasteiger partial charge is 0.321 e. The van der Waals surface area contributed by atoms with Crippen LogP contribution in [-0.2, 0) is 28.7 Å². The second-order valence-electron chi connectivity index (χ2n) is 12.7. The predicted molar refractivity (Wildman–Crippen MR) is 175 cm³/mol. The van der Waals surface area contributed by atoms with Gasteiger partial charge in [-0.3, -0.25) is 24.0 Å². The van der Waals surface area contributed by atoms with Gasteiger partial charge in [-0.15, -0.1) is 0 Å². The summed E-state index contributed by atoms with van der Waals surface area (Å²) in [4.78, 5) is 61.4. The van der Waals surface area contributed by atoms with Crippen LogP contribution in [0, 0.1) is 17.7 Å². The molecule has 0 amide bonds. The van der Waals surface area contributed by atoms with Gasteiger partial charge < -0.3 is 18.9 Å². The molecule has 3 aromatic carbocycles. The summed E-state index contributed by atoms with van der Waals surface area (Å²) in [7, 11) is 0. The first-order valence-corrected chi connectivity index (χ1v) is 16.7. The maximum Gasteiger partial charge on any atom is 0.321 e. The lowest BCUT2D eigenvalue weighted by Crippen LogP contribution is -2.31. The van der Waals surface area contributed by atoms with Gasteiger partial charge in [-0.2, -0.15) is 0 Å². The minimum atomic E-state index is -0.743. The number of carbonyl (C=O) groups is 5. The minimum absolute atomic E-state index is 0.0475. The van der Waals surface area contributed by atoms with Gasteiger partial charge in [0.2, 0.25) is 0 Å². The molecule has 2 fully saturated rings. The van der Waals surface area contributed by atoms with Crippen molar-refractivity contribution in [3.63, 3.8) is 0 Å². The molecule has 0 radical (unpaired) electrons. The largest absolute Gasteiger partial charge is 0.494 e. The van der Waals surface area contributed by atoms with Gasteiger partial charge in [0.1, 0.15) is 17.3 Å². The van der Waals surface area contributed by atoms with Gasteiger partial charge >= 0.3 is 23.9 Å². The lowest BCUT2D eigenvalue weighted by molar-refractivity contribution is -0.155. The summed E-state index contributed by atoms with van der Waals surface area (Å²) in [5.74, 6) is -4.15. The molecule has 0 aromatic heterocycles. The van der Waals surface area contributed by atoms with Gasteiger partial charge in [-0.1, -0.05) is 50.0 Å². The molecule has 6 rings (SSSR count). The van der Waals surface area contributed by atoms with E-state index < -0.39 is 47.5 Å². The number of unbranched alkanes of at least 4 members (excludes halogenated alkanes) is 5. The molecule has 3 aromatic rings. The highest BCUT2D eigenvalue weighted by Gasteiger charge is 2.53. The van der Waals surface area contributed by atoms with Crippen molar-refractivity contribution in [2.45, 2.75) is 63.2 Å². The molecule has 0 N–H and O–H groups in total. The van der Waals surface area contributed by atoms with Crippen molar-refractivity contribution in [2.24, 2.45) is 11.8 Å². The van der Waals surface area contributed by atoms with E-state index in [4.69, 9.17) is 18.9 Å². The first-order valence-electron chi connectivity index (χ1n) is 16.7. The van der Waals surface area contributed by atoms with E-state index in [1.807, 2.05) is 30.3 Å². The van der Waals surface area contributed by atoms with Gasteiger partial charge in [-0.25, -0.2) is 4.39 Å². The fourth-order valence-corrected chi connectivity index (χ4v) is 6.79. The van der Waals surface area contributed by atoms with E-state index >= 15 is 0 Å². The molecule has 254 valence electrons. The average Bonchev–Trinajstić information content (AvgIpc) is 3.59. The fraction of sp³-hybridized carbons (Fsp3) is 0.359. The SMILES string of the molecule is O=C1CC(C2CC3C(=O)OC(=O)C3c3cc(OCCCCCCCCOc4ccc(/C=C/C(=O)c5ccc(F)cc5)cc4)ccc32)C(=O)O1. The van der Waals surface area contributed by atoms with E-state index in [0.29, 0.717) is 30.1 Å². The summed E-state index contributed by atoms with van der Waals surface area (Å²) in [5, 5.41) is 0. The molecule has 9 nitrogen and oxygen atoms in total. The van der Waals surface area contributed by atoms with E-state index in [-0.39, 0.29) is 24.4 Å². The van der Waals surface area contributed by atoms with Crippen LogP contribution < -0.4 is 9.47 Å². The van der Waals surface area contributed by atoms with Crippen LogP contribution in [0.3, 0.4) is 0 Å². The molecule has 3 aliphatic rings. The maximum atomic E-state index is 13.1. The van der Waals surface area contributed by atoms with Crippen LogP contribution in [0.2, 0.25) is 0 Å². The second-order valence-corrected chi connectivity index (χ2v) is 12.7. The Balaban J connectivity index is 0.882. The summed E-state index contributed by atoms with van der Waals surface area (Å²) >= 11 is 0. The summed E-state index contributed by atoms with van der Waals surface area (Å²) in [6.45, 7) is 1.11. The number of benzene rings is 3. The van der Waals surface area contributed by atoms with E-state index in [2.05, 4.69) is 0 Å². The predicted octanol–water partition coefficient (Wildman–Crippen LogP) is 6.88. The number of rotatable bonds is 15. The number of fused-ring (bicyclic) bond motifs is 3. The number of hydrogen-bond donors (Lipinski definition) is 0. The normalized spacial score (nSPS) is 21.3. The Morgan fingerprint density at radius 1 is 0.694 bits per heavy atom. The maximum absolute atomic E-state index is 13.1. The Bertz CT molecular complexity index is 1740. The molecule has 4 atom stereocenters. The van der Waals surface area contributed by atoms with E-state index in [1.54, 1.807) is 18.2 Å². The van der Waals surface area contributed by atoms with Crippen molar-refractivity contribution < 1.29 is 47.3 Å². The highest BCUT2D eigenvalue weighted by atomic mass is 19.1. The summed E-state index contributed by atoms with van der Waals surface area (Å²) in [6.07, 6.45) is 9.33. The van der Waals surface area contributed by atoms with Crippen LogP contribution in [-0.4, -0.2) is 42.9 Å². The van der Waals surface area contributed by atoms with Gasteiger partial charge in [-0.05, 0) is 96.5 Å². The van der Waals surface area contributed by atoms with Crippen LogP contribution in [0.4, 0.5) is 4.39 Å². The third-order valence-corrected chi connectivity index (χ3v) is 9.36. The zero-order valence-electron chi connectivity index (χ0n) is 26.9. The topological polar surface area (TPSA) is 122 Å². The molecule has 2 heterocycles. The number of halogens is 1. The second kappa shape index (κ2) is 15.4. The standard InChI is InChI=1S/C39H37FO9/c40-26-12-10-25(11-13-26)34(41)18-9-24-7-14-27(15-8-24)46-19-5-3-1-2-4-6-20-47-28-16-17-29-30(32-23-35(42)48-37(32)43)22-33-36(31(29)21-28)39(45)49-38(33)44/h7-18,21,30,32-33,36H,1-6,19-20,22-23H2/b18-9+. The minimum Gasteiger partial charge on any atom is -0.494 e. The number of hydrogen-bond acceptors (Lipinski definition) is 9. The molecule has 2 saturated heterocycles. The monoisotopic (exact) mass is 668 g/mol. The van der Waals surface area contributed by atoms with Crippen LogP contribution in [0.15, 0.2) is 72.8 Å². The van der Waals surface area contributed by atoms with E-state index in [9.17, 15) is 28.4 Å². The molecule has 0 spiro atoms. The molecule has 49 heavy (non-hydrogen) atoms. The molecule has 10 heteroatoms. The first-order chi connectivity index (χ1) is 23.8. The number of cyclic esters (lactones) is 4. The Hall–Kier alpha value is -5.12. The van der Waals surface area contributed by atoms with Crippen molar-refractivity contribution >= 4 is 35.7 Å². The Labute approximate surface area is 283 Å². The van der Waals surface area contributed by atoms with Crippen LogP contribution in [0.25, 0.3) is 6.08 Å². The molecular weight excluding hydrogens is 631 g/mol. The third kappa shape index (κ3) is 8.13. The van der Waals surface area contributed by atoms with Gasteiger partial charge in [0.25, 0.3) is 0 Å². The summed E-state index contributed by atoms with van der Waals surface area (Å²) in [5.41, 5.74) is 2.66. The Morgan fingerprint density at radius 2 is 1.33 bits per heavy atom. The van der Waals surface area contributed by atoms with E-state index in [0.717, 1.165) is 55.4 Å². The number of carbonyl (C=O) groups excluding carboxylic acids is 5. The molecule has 2 aliphatic heterocycles. The fourth-order valence-electron chi connectivity index (χ4n) is 6.79. The Morgan fingerprint density at radius 3 is 2.00 bits per heavy atom. The number of allylic oxidation sites excluding steroid dienone is 1. The quantitative estimate of drug-likeness (QED) is 0.0561. The van der Waals surface area contributed by atoms with Gasteiger partial charge in [0.05, 0.1) is 37.4 Å². The number of ketones is 1. The molecular formula is C39H37FO9. The van der Waals surface area contributed by atoms with Crippen LogP contribution >= 0.6 is 0 Å². The average molecular weight is 669 g/mol. The van der Waals surface area contributed by atoms with E-state index in [1.165, 1.54) is 30.3 Å². The van der Waals surface area contributed by atoms with Crippen LogP contribution in [0.5, 0.6) is 11.5 Å². The molecule has 1 aliphatic carbocycles. The highest BCUT2D eigenvalue weighted by molar-refractivity contribution is 6.06. The van der Waals surface area contributed by atoms with Crippen LogP contribution in [0.1, 0.15) is 90.3 Å². The van der Waals surface area contributed by atoms with Crippen molar-refractivity contribution in [1.82, 2.24) is 0 Å². The first kappa shape index (κ1) is 33.8. The number of ether oxygens (including phenoxy) is 4. The zero-order valence-corrected chi connectivity index (χ0v) is 26.9. The zero-order chi connectivity index (χ0) is 34.3. The van der Waals surface area contributed by atoms with Crippen molar-refractivity contribution in [3.8, 4) is 11.5 Å². The van der Waals surface area contributed by atoms with Crippen molar-refractivity contribution in [1.29, 1.82) is 0 Å². The van der Waals surface area contributed by atoms with Gasteiger partial charge in [0.15, 0.2) is 5.78 Å². The summed E-state index contributed by atoms with van der Waals surface area (Å²) in [6, 6.07) is 18.3. The lowest BCUT2D eigenvalue weighted by atomic mass is 9.67. The van der Waals surface area contributed by atoms with Crippen molar-refractivity contribution in [2.75, 3.05) is 13.2 Å².